The molecule has 0 saturated heterocycles. The zero-order valence-electron chi connectivity index (χ0n) is 19.1. The number of esters is 1. The SMILES string of the molecule is CCOC(=O)c1cnn(-c2ccccc2)c1NC(=O)c1ccc2c(c1)C(=O)N(CC(C)C)C2=O. The van der Waals surface area contributed by atoms with Gasteiger partial charge in [0.1, 0.15) is 5.56 Å². The molecule has 1 N–H and O–H groups in total. The standard InChI is InChI=1S/C25H24N4O5/c1-4-34-25(33)20-13-26-29(17-8-6-5-7-9-17)21(20)27-22(30)16-10-11-18-19(12-16)24(32)28(23(18)31)14-15(2)3/h5-13,15H,4,14H2,1-3H3,(H,27,30). The molecule has 0 spiro atoms. The smallest absolute Gasteiger partial charge is 0.343 e. The van der Waals surface area contributed by atoms with E-state index in [-0.39, 0.29) is 46.5 Å². The number of nitrogens with one attached hydrogen (secondary N) is 1. The van der Waals surface area contributed by atoms with Crippen LogP contribution < -0.4 is 5.32 Å². The van der Waals surface area contributed by atoms with Gasteiger partial charge in [-0.05, 0) is 43.2 Å². The summed E-state index contributed by atoms with van der Waals surface area (Å²) in [6.07, 6.45) is 1.33. The Bertz CT molecular complexity index is 1280. The minimum atomic E-state index is -0.626. The van der Waals surface area contributed by atoms with Crippen LogP contribution in [0.25, 0.3) is 5.69 Å². The summed E-state index contributed by atoms with van der Waals surface area (Å²) in [5.41, 5.74) is 1.34. The third-order valence-electron chi connectivity index (χ3n) is 5.28. The van der Waals surface area contributed by atoms with Crippen molar-refractivity contribution in [3.05, 3.63) is 77.0 Å². The van der Waals surface area contributed by atoms with Crippen LogP contribution in [0.15, 0.2) is 54.7 Å². The quantitative estimate of drug-likeness (QED) is 0.426. The fourth-order valence-electron chi connectivity index (χ4n) is 3.73. The number of aromatic nitrogens is 2. The lowest BCUT2D eigenvalue weighted by atomic mass is 10.1. The number of ether oxygens (including phenoxy) is 1. The average molecular weight is 460 g/mol. The van der Waals surface area contributed by atoms with E-state index in [0.29, 0.717) is 12.2 Å². The molecule has 0 fully saturated rings. The van der Waals surface area contributed by atoms with Gasteiger partial charge in [-0.1, -0.05) is 32.0 Å². The third-order valence-corrected chi connectivity index (χ3v) is 5.28. The third kappa shape index (κ3) is 4.19. The molecule has 3 aromatic rings. The van der Waals surface area contributed by atoms with Crippen LogP contribution in [0, 0.1) is 5.92 Å². The Hall–Kier alpha value is -4.27. The molecule has 9 heteroatoms. The molecule has 0 unspecified atom stereocenters. The van der Waals surface area contributed by atoms with Crippen molar-refractivity contribution >= 4 is 29.5 Å². The van der Waals surface area contributed by atoms with Crippen LogP contribution in [-0.2, 0) is 4.74 Å². The van der Waals surface area contributed by atoms with Crippen LogP contribution in [0.2, 0.25) is 0 Å². The number of hydrogen-bond acceptors (Lipinski definition) is 6. The monoisotopic (exact) mass is 460 g/mol. The van der Waals surface area contributed by atoms with Crippen molar-refractivity contribution in [3.8, 4) is 5.69 Å². The summed E-state index contributed by atoms with van der Waals surface area (Å²) < 4.78 is 6.53. The van der Waals surface area contributed by atoms with E-state index in [4.69, 9.17) is 4.74 Å². The fraction of sp³-hybridized carbons (Fsp3) is 0.240. The molecule has 3 amide bonds. The number of benzene rings is 2. The Morgan fingerprint density at radius 3 is 2.41 bits per heavy atom. The molecule has 1 aliphatic rings. The molecule has 2 aromatic carbocycles. The van der Waals surface area contributed by atoms with E-state index < -0.39 is 17.8 Å². The number of rotatable bonds is 7. The maximum absolute atomic E-state index is 13.2. The van der Waals surface area contributed by atoms with Crippen LogP contribution in [-0.4, -0.2) is 51.5 Å². The van der Waals surface area contributed by atoms with Crippen LogP contribution in [0.1, 0.15) is 62.2 Å². The molecule has 4 rings (SSSR count). The topological polar surface area (TPSA) is 111 Å². The van der Waals surface area contributed by atoms with Crippen molar-refractivity contribution < 1.29 is 23.9 Å². The first kappa shape index (κ1) is 22.9. The van der Waals surface area contributed by atoms with Gasteiger partial charge in [0.2, 0.25) is 0 Å². The number of imide groups is 1. The number of anilines is 1. The van der Waals surface area contributed by atoms with Gasteiger partial charge < -0.3 is 10.1 Å². The van der Waals surface area contributed by atoms with Crippen molar-refractivity contribution in [1.29, 1.82) is 0 Å². The van der Waals surface area contributed by atoms with Crippen LogP contribution >= 0.6 is 0 Å². The van der Waals surface area contributed by atoms with E-state index in [1.165, 1.54) is 34.0 Å². The van der Waals surface area contributed by atoms with Gasteiger partial charge >= 0.3 is 5.97 Å². The molecule has 0 aliphatic carbocycles. The van der Waals surface area contributed by atoms with Crippen LogP contribution in [0.3, 0.4) is 0 Å². The molecule has 2 heterocycles. The van der Waals surface area contributed by atoms with Gasteiger partial charge in [0.15, 0.2) is 5.82 Å². The van der Waals surface area contributed by atoms with Gasteiger partial charge in [0.05, 0.1) is 29.6 Å². The Kier molecular flexibility index (Phi) is 6.27. The number of fused-ring (bicyclic) bond motifs is 1. The minimum Gasteiger partial charge on any atom is -0.462 e. The average Bonchev–Trinajstić information content (AvgIpc) is 3.34. The summed E-state index contributed by atoms with van der Waals surface area (Å²) in [4.78, 5) is 52.2. The van der Waals surface area contributed by atoms with Crippen molar-refractivity contribution in [2.24, 2.45) is 5.92 Å². The highest BCUT2D eigenvalue weighted by molar-refractivity contribution is 6.22. The van der Waals surface area contributed by atoms with Gasteiger partial charge in [0, 0.05) is 12.1 Å². The van der Waals surface area contributed by atoms with E-state index in [9.17, 15) is 19.2 Å². The fourth-order valence-corrected chi connectivity index (χ4v) is 3.73. The summed E-state index contributed by atoms with van der Waals surface area (Å²) in [6.45, 7) is 5.98. The Balaban J connectivity index is 1.67. The summed E-state index contributed by atoms with van der Waals surface area (Å²) in [7, 11) is 0. The van der Waals surface area contributed by atoms with Crippen molar-refractivity contribution in [2.45, 2.75) is 20.8 Å². The van der Waals surface area contributed by atoms with Crippen LogP contribution in [0.5, 0.6) is 0 Å². The maximum atomic E-state index is 13.2. The molecular weight excluding hydrogens is 436 g/mol. The normalized spacial score (nSPS) is 12.8. The Morgan fingerprint density at radius 2 is 1.74 bits per heavy atom. The van der Waals surface area contributed by atoms with Crippen molar-refractivity contribution in [1.82, 2.24) is 14.7 Å². The molecule has 0 atom stereocenters. The number of carbonyl (C=O) groups is 4. The molecule has 1 aromatic heterocycles. The molecule has 34 heavy (non-hydrogen) atoms. The van der Waals surface area contributed by atoms with Gasteiger partial charge in [-0.25, -0.2) is 9.48 Å². The maximum Gasteiger partial charge on any atom is 0.343 e. The molecule has 0 radical (unpaired) electrons. The molecule has 9 nitrogen and oxygen atoms in total. The lowest BCUT2D eigenvalue weighted by Crippen LogP contribution is -2.33. The highest BCUT2D eigenvalue weighted by Gasteiger charge is 2.36. The lowest BCUT2D eigenvalue weighted by Gasteiger charge is -2.15. The zero-order chi connectivity index (χ0) is 24.4. The highest BCUT2D eigenvalue weighted by Crippen LogP contribution is 2.26. The van der Waals surface area contributed by atoms with Crippen molar-refractivity contribution in [2.75, 3.05) is 18.5 Å². The lowest BCUT2D eigenvalue weighted by molar-refractivity contribution is 0.0526. The number of amides is 3. The number of nitrogens with zero attached hydrogens (tertiary/aromatic N) is 3. The van der Waals surface area contributed by atoms with Gasteiger partial charge in [0.25, 0.3) is 17.7 Å². The number of hydrogen-bond donors (Lipinski definition) is 1. The summed E-state index contributed by atoms with van der Waals surface area (Å²) in [5, 5.41) is 6.97. The molecule has 1 aliphatic heterocycles. The first-order valence-electron chi connectivity index (χ1n) is 10.9. The predicted octanol–water partition coefficient (Wildman–Crippen LogP) is 3.55. The number of para-hydroxylation sites is 1. The molecule has 0 bridgehead atoms. The summed E-state index contributed by atoms with van der Waals surface area (Å²) in [6, 6.07) is 13.4. The Labute approximate surface area is 196 Å². The van der Waals surface area contributed by atoms with E-state index >= 15 is 0 Å². The minimum absolute atomic E-state index is 0.0922. The van der Waals surface area contributed by atoms with E-state index in [1.54, 1.807) is 31.2 Å². The number of carbonyl (C=O) groups excluding carboxylic acids is 4. The summed E-state index contributed by atoms with van der Waals surface area (Å²) in [5.74, 6) is -1.73. The first-order valence-corrected chi connectivity index (χ1v) is 10.9. The van der Waals surface area contributed by atoms with Gasteiger partial charge in [-0.2, -0.15) is 5.10 Å². The van der Waals surface area contributed by atoms with E-state index in [1.807, 2.05) is 19.9 Å². The zero-order valence-corrected chi connectivity index (χ0v) is 19.1. The second-order valence-electron chi connectivity index (χ2n) is 8.20. The van der Waals surface area contributed by atoms with E-state index in [2.05, 4.69) is 10.4 Å². The largest absolute Gasteiger partial charge is 0.462 e. The molecule has 174 valence electrons. The Morgan fingerprint density at radius 1 is 1.03 bits per heavy atom. The molecule has 0 saturated carbocycles. The van der Waals surface area contributed by atoms with Crippen LogP contribution in [0.4, 0.5) is 5.82 Å². The first-order chi connectivity index (χ1) is 16.3. The highest BCUT2D eigenvalue weighted by atomic mass is 16.5. The van der Waals surface area contributed by atoms with Gasteiger partial charge in [-0.3, -0.25) is 19.3 Å². The second kappa shape index (κ2) is 9.30. The molecular formula is C25H24N4O5. The van der Waals surface area contributed by atoms with Crippen molar-refractivity contribution in [3.63, 3.8) is 0 Å². The second-order valence-corrected chi connectivity index (χ2v) is 8.20. The van der Waals surface area contributed by atoms with Gasteiger partial charge in [-0.15, -0.1) is 0 Å². The predicted molar refractivity (Wildman–Crippen MR) is 124 cm³/mol. The summed E-state index contributed by atoms with van der Waals surface area (Å²) >= 11 is 0. The van der Waals surface area contributed by atoms with E-state index in [0.717, 1.165) is 0 Å².